The number of amides is 2. The maximum atomic E-state index is 12.8. The number of methoxy groups -OCH3 is 1. The Kier molecular flexibility index (Phi) is 6.47. The number of urea groups is 1. The number of nitrogens with zero attached hydrogens (tertiary/aromatic N) is 6. The Balaban J connectivity index is 1.29. The number of anilines is 1. The summed E-state index contributed by atoms with van der Waals surface area (Å²) in [6.45, 7) is 5.16. The molecule has 9 nitrogen and oxygen atoms in total. The smallest absolute Gasteiger partial charge is 0.317 e. The Morgan fingerprint density at radius 3 is 2.46 bits per heavy atom. The molecule has 1 N–H and O–H groups in total. The number of piperazine rings is 1. The number of aryl methyl sites for hydroxylation is 1. The van der Waals surface area contributed by atoms with Gasteiger partial charge in [0.15, 0.2) is 0 Å². The minimum Gasteiger partial charge on any atom is -0.497 e. The fraction of sp³-hybridized carbons (Fsp3) is 0.308. The minimum absolute atomic E-state index is 0.0539. The highest BCUT2D eigenvalue weighted by molar-refractivity contribution is 5.74. The minimum atomic E-state index is -0.0539. The van der Waals surface area contributed by atoms with E-state index in [1.165, 1.54) is 5.56 Å². The molecule has 5 rings (SSSR count). The van der Waals surface area contributed by atoms with E-state index in [4.69, 9.17) is 4.74 Å². The van der Waals surface area contributed by atoms with Crippen LogP contribution in [0.3, 0.4) is 0 Å². The fourth-order valence-corrected chi connectivity index (χ4v) is 4.45. The van der Waals surface area contributed by atoms with E-state index in [9.17, 15) is 4.79 Å². The molecule has 1 fully saturated rings. The van der Waals surface area contributed by atoms with Crippen LogP contribution < -0.4 is 15.0 Å². The third-order valence-corrected chi connectivity index (χ3v) is 6.40. The van der Waals surface area contributed by atoms with E-state index in [-0.39, 0.29) is 6.03 Å². The van der Waals surface area contributed by atoms with Crippen molar-refractivity contribution in [3.05, 3.63) is 83.3 Å². The first kappa shape index (κ1) is 22.6. The molecular weight excluding hydrogens is 442 g/mol. The van der Waals surface area contributed by atoms with Gasteiger partial charge in [0.05, 0.1) is 7.11 Å². The molecule has 0 bridgehead atoms. The topological polar surface area (TPSA) is 87.9 Å². The highest BCUT2D eigenvalue weighted by atomic mass is 16.5. The standard InChI is InChI=1S/C26H29N7O2/c1-19-23(16-20-6-4-3-5-7-20)24(33-25(30-19)28-18-29-33)31-12-14-32(15-13-31)26(34)27-17-21-8-10-22(35-2)11-9-21/h3-11,18H,12-17H2,1-2H3,(H,27,34). The van der Waals surface area contributed by atoms with Gasteiger partial charge < -0.3 is 19.9 Å². The van der Waals surface area contributed by atoms with Gasteiger partial charge in [-0.05, 0) is 30.2 Å². The molecule has 0 unspecified atom stereocenters. The molecule has 0 spiro atoms. The fourth-order valence-electron chi connectivity index (χ4n) is 4.45. The van der Waals surface area contributed by atoms with E-state index in [1.54, 1.807) is 13.4 Å². The summed E-state index contributed by atoms with van der Waals surface area (Å²) in [7, 11) is 1.64. The summed E-state index contributed by atoms with van der Waals surface area (Å²) in [6.07, 6.45) is 2.30. The number of carbonyl (C=O) groups excluding carboxylic acids is 1. The van der Waals surface area contributed by atoms with Crippen molar-refractivity contribution in [2.45, 2.75) is 19.9 Å². The first-order valence-corrected chi connectivity index (χ1v) is 11.8. The molecule has 4 aromatic rings. The van der Waals surface area contributed by atoms with Crippen molar-refractivity contribution in [1.29, 1.82) is 0 Å². The van der Waals surface area contributed by atoms with Crippen LogP contribution in [0.5, 0.6) is 5.75 Å². The van der Waals surface area contributed by atoms with Crippen molar-refractivity contribution >= 4 is 17.6 Å². The van der Waals surface area contributed by atoms with Gasteiger partial charge in [-0.3, -0.25) is 0 Å². The van der Waals surface area contributed by atoms with Gasteiger partial charge in [-0.2, -0.15) is 14.6 Å². The van der Waals surface area contributed by atoms with Gasteiger partial charge in [-0.15, -0.1) is 0 Å². The second kappa shape index (κ2) is 10.0. The SMILES string of the molecule is COc1ccc(CNC(=O)N2CCN(c3c(Cc4ccccc4)c(C)nc4ncnn34)CC2)cc1. The summed E-state index contributed by atoms with van der Waals surface area (Å²) < 4.78 is 7.02. The van der Waals surface area contributed by atoms with Crippen LogP contribution >= 0.6 is 0 Å². The summed E-state index contributed by atoms with van der Waals surface area (Å²) in [5, 5.41) is 7.50. The predicted octanol–water partition coefficient (Wildman–Crippen LogP) is 3.06. The molecule has 9 heteroatoms. The number of aromatic nitrogens is 4. The van der Waals surface area contributed by atoms with Crippen molar-refractivity contribution in [1.82, 2.24) is 29.8 Å². The summed E-state index contributed by atoms with van der Waals surface area (Å²) in [5.41, 5.74) is 4.33. The molecular formula is C26H29N7O2. The van der Waals surface area contributed by atoms with Crippen LogP contribution in [-0.2, 0) is 13.0 Å². The number of benzene rings is 2. The van der Waals surface area contributed by atoms with E-state index in [0.29, 0.717) is 38.5 Å². The monoisotopic (exact) mass is 471 g/mol. The molecule has 1 aliphatic heterocycles. The van der Waals surface area contributed by atoms with E-state index < -0.39 is 0 Å². The molecule has 180 valence electrons. The number of fused-ring (bicyclic) bond motifs is 1. The average Bonchev–Trinajstić information content (AvgIpc) is 3.36. The second-order valence-corrected chi connectivity index (χ2v) is 8.61. The number of hydrogen-bond donors (Lipinski definition) is 1. The third-order valence-electron chi connectivity index (χ3n) is 6.40. The maximum Gasteiger partial charge on any atom is 0.317 e. The first-order chi connectivity index (χ1) is 17.1. The van der Waals surface area contributed by atoms with Crippen LogP contribution in [0.15, 0.2) is 60.9 Å². The van der Waals surface area contributed by atoms with Gasteiger partial charge in [-0.1, -0.05) is 42.5 Å². The zero-order valence-corrected chi connectivity index (χ0v) is 20.0. The van der Waals surface area contributed by atoms with Crippen LogP contribution in [0, 0.1) is 6.92 Å². The van der Waals surface area contributed by atoms with E-state index >= 15 is 0 Å². The Bertz CT molecular complexity index is 1300. The van der Waals surface area contributed by atoms with Gasteiger partial charge in [-0.25, -0.2) is 9.78 Å². The van der Waals surface area contributed by atoms with Crippen molar-refractivity contribution < 1.29 is 9.53 Å². The zero-order chi connectivity index (χ0) is 24.2. The summed E-state index contributed by atoms with van der Waals surface area (Å²) in [6, 6.07) is 18.0. The molecule has 3 heterocycles. The lowest BCUT2D eigenvalue weighted by Gasteiger charge is -2.37. The largest absolute Gasteiger partial charge is 0.497 e. The van der Waals surface area contributed by atoms with Crippen LogP contribution in [0.1, 0.15) is 22.4 Å². The lowest BCUT2D eigenvalue weighted by Crippen LogP contribution is -2.52. The molecule has 2 aromatic carbocycles. The highest BCUT2D eigenvalue weighted by Crippen LogP contribution is 2.27. The molecule has 2 aromatic heterocycles. The molecule has 1 aliphatic rings. The van der Waals surface area contributed by atoms with Crippen LogP contribution in [0.2, 0.25) is 0 Å². The van der Waals surface area contributed by atoms with E-state index in [1.807, 2.05) is 46.7 Å². The number of ether oxygens (including phenoxy) is 1. The number of rotatable bonds is 6. The number of nitrogens with one attached hydrogen (secondary N) is 1. The first-order valence-electron chi connectivity index (χ1n) is 11.8. The Hall–Kier alpha value is -4.14. The molecule has 0 aliphatic carbocycles. The maximum absolute atomic E-state index is 12.8. The van der Waals surface area contributed by atoms with Gasteiger partial charge in [0.2, 0.25) is 0 Å². The molecule has 35 heavy (non-hydrogen) atoms. The summed E-state index contributed by atoms with van der Waals surface area (Å²) >= 11 is 0. The molecule has 0 saturated carbocycles. The molecule has 0 atom stereocenters. The normalized spacial score (nSPS) is 13.8. The lowest BCUT2D eigenvalue weighted by atomic mass is 10.0. The van der Waals surface area contributed by atoms with Crippen LogP contribution in [0.25, 0.3) is 5.78 Å². The Morgan fingerprint density at radius 1 is 1.00 bits per heavy atom. The van der Waals surface area contributed by atoms with Gasteiger partial charge in [0.1, 0.15) is 17.9 Å². The van der Waals surface area contributed by atoms with Gasteiger partial charge in [0.25, 0.3) is 5.78 Å². The molecule has 2 amide bonds. The summed E-state index contributed by atoms with van der Waals surface area (Å²) in [5.74, 6) is 2.40. The molecule has 1 saturated heterocycles. The van der Waals surface area contributed by atoms with E-state index in [0.717, 1.165) is 34.8 Å². The van der Waals surface area contributed by atoms with Crippen LogP contribution in [-0.4, -0.2) is 63.8 Å². The zero-order valence-electron chi connectivity index (χ0n) is 20.0. The highest BCUT2D eigenvalue weighted by Gasteiger charge is 2.26. The Morgan fingerprint density at radius 2 is 1.74 bits per heavy atom. The van der Waals surface area contributed by atoms with Crippen molar-refractivity contribution in [3.8, 4) is 5.75 Å². The van der Waals surface area contributed by atoms with Gasteiger partial charge >= 0.3 is 6.03 Å². The van der Waals surface area contributed by atoms with Gasteiger partial charge in [0, 0.05) is 50.4 Å². The third kappa shape index (κ3) is 4.89. The Labute approximate surface area is 204 Å². The van der Waals surface area contributed by atoms with Crippen molar-refractivity contribution in [2.75, 3.05) is 38.2 Å². The van der Waals surface area contributed by atoms with E-state index in [2.05, 4.69) is 49.5 Å². The average molecular weight is 472 g/mol. The van der Waals surface area contributed by atoms with Crippen molar-refractivity contribution in [3.63, 3.8) is 0 Å². The number of carbonyl (C=O) groups is 1. The predicted molar refractivity (Wildman–Crippen MR) is 134 cm³/mol. The summed E-state index contributed by atoms with van der Waals surface area (Å²) in [4.78, 5) is 26.0. The second-order valence-electron chi connectivity index (χ2n) is 8.61. The quantitative estimate of drug-likeness (QED) is 0.465. The lowest BCUT2D eigenvalue weighted by molar-refractivity contribution is 0.193. The van der Waals surface area contributed by atoms with Crippen LogP contribution in [0.4, 0.5) is 10.6 Å². The van der Waals surface area contributed by atoms with Crippen molar-refractivity contribution in [2.24, 2.45) is 0 Å². The number of hydrogen-bond acceptors (Lipinski definition) is 6. The molecule has 0 radical (unpaired) electrons.